The van der Waals surface area contributed by atoms with Crippen molar-refractivity contribution >= 4 is 49.9 Å². The third-order valence-electron chi connectivity index (χ3n) is 5.29. The van der Waals surface area contributed by atoms with E-state index in [1.807, 2.05) is 60.8 Å². The number of halogens is 1. The van der Waals surface area contributed by atoms with Gasteiger partial charge in [0.05, 0.1) is 17.9 Å². The van der Waals surface area contributed by atoms with Gasteiger partial charge >= 0.3 is 6.03 Å². The Morgan fingerprint density at radius 1 is 1.06 bits per heavy atom. The van der Waals surface area contributed by atoms with Gasteiger partial charge in [-0.05, 0) is 57.2 Å². The summed E-state index contributed by atoms with van der Waals surface area (Å²) in [5.41, 5.74) is 4.56. The number of hydrogen-bond donors (Lipinski definition) is 3. The highest BCUT2D eigenvalue weighted by Crippen LogP contribution is 2.39. The largest absolute Gasteiger partial charge is 0.490 e. The fourth-order valence-electron chi connectivity index (χ4n) is 3.77. The maximum Gasteiger partial charge on any atom is 0.323 e. The molecule has 3 N–H and O–H groups in total. The first-order chi connectivity index (χ1) is 15.2. The predicted molar refractivity (Wildman–Crippen MR) is 128 cm³/mol. The number of anilines is 3. The van der Waals surface area contributed by atoms with Crippen LogP contribution in [-0.2, 0) is 6.54 Å². The summed E-state index contributed by atoms with van der Waals surface area (Å²) in [6.45, 7) is 2.19. The molecule has 156 valence electrons. The van der Waals surface area contributed by atoms with Crippen molar-refractivity contribution in [1.29, 1.82) is 0 Å². The second-order valence-electron chi connectivity index (χ2n) is 7.41. The number of nitrogens with zero attached hydrogens (tertiary/aromatic N) is 1. The van der Waals surface area contributed by atoms with Crippen LogP contribution in [0.15, 0.2) is 77.4 Å². The van der Waals surface area contributed by atoms with E-state index in [1.54, 1.807) is 0 Å². The van der Waals surface area contributed by atoms with Crippen LogP contribution in [0.3, 0.4) is 0 Å². The molecule has 1 aliphatic heterocycles. The van der Waals surface area contributed by atoms with Gasteiger partial charge in [-0.15, -0.1) is 0 Å². The van der Waals surface area contributed by atoms with Gasteiger partial charge in [-0.3, -0.25) is 0 Å². The lowest BCUT2D eigenvalue weighted by molar-refractivity contribution is 0.262. The molecule has 0 saturated heterocycles. The molecule has 2 amide bonds. The van der Waals surface area contributed by atoms with E-state index in [9.17, 15) is 4.79 Å². The number of urea groups is 1. The van der Waals surface area contributed by atoms with Gasteiger partial charge in [0.2, 0.25) is 0 Å². The first-order valence-electron chi connectivity index (χ1n) is 10.1. The molecule has 1 aromatic heterocycles. The van der Waals surface area contributed by atoms with Gasteiger partial charge in [-0.2, -0.15) is 0 Å². The van der Waals surface area contributed by atoms with E-state index in [0.29, 0.717) is 12.3 Å². The molecule has 2 heterocycles. The molecule has 6 nitrogen and oxygen atoms in total. The minimum absolute atomic E-state index is 0.308. The average molecular weight is 477 g/mol. The molecule has 31 heavy (non-hydrogen) atoms. The molecule has 4 aromatic rings. The smallest absolute Gasteiger partial charge is 0.323 e. The second-order valence-corrected chi connectivity index (χ2v) is 8.27. The molecule has 3 aromatic carbocycles. The zero-order valence-electron chi connectivity index (χ0n) is 16.7. The summed E-state index contributed by atoms with van der Waals surface area (Å²) < 4.78 is 6.62. The van der Waals surface area contributed by atoms with Crippen molar-refractivity contribution in [2.75, 3.05) is 28.7 Å². The number of rotatable bonds is 4. The van der Waals surface area contributed by atoms with Gasteiger partial charge in [-0.25, -0.2) is 4.79 Å². The number of hydrogen-bond acceptors (Lipinski definition) is 3. The predicted octanol–water partition coefficient (Wildman–Crippen LogP) is 5.97. The van der Waals surface area contributed by atoms with E-state index in [0.717, 1.165) is 45.6 Å². The summed E-state index contributed by atoms with van der Waals surface area (Å²) in [5, 5.41) is 6.94. The molecule has 0 aliphatic carbocycles. The van der Waals surface area contributed by atoms with Crippen LogP contribution in [0.2, 0.25) is 0 Å². The van der Waals surface area contributed by atoms with Crippen molar-refractivity contribution in [3.8, 4) is 5.75 Å². The molecule has 0 saturated carbocycles. The molecule has 0 bridgehead atoms. The van der Waals surface area contributed by atoms with E-state index in [1.165, 1.54) is 5.56 Å². The molecule has 7 heteroatoms. The van der Waals surface area contributed by atoms with Crippen LogP contribution in [0.25, 0.3) is 10.9 Å². The highest BCUT2D eigenvalue weighted by atomic mass is 79.9. The molecule has 0 spiro atoms. The Bertz CT molecular complexity index is 1240. The Kier molecular flexibility index (Phi) is 5.26. The summed E-state index contributed by atoms with van der Waals surface area (Å²) >= 11 is 3.56. The highest BCUT2D eigenvalue weighted by molar-refractivity contribution is 9.10. The molecular formula is C24H21BrN4O2. The molecular weight excluding hydrogens is 456 g/mol. The van der Waals surface area contributed by atoms with Gasteiger partial charge < -0.3 is 25.3 Å². The molecule has 1 aliphatic rings. The van der Waals surface area contributed by atoms with E-state index in [4.69, 9.17) is 4.74 Å². The van der Waals surface area contributed by atoms with E-state index >= 15 is 0 Å². The maximum absolute atomic E-state index is 12.7. The van der Waals surface area contributed by atoms with Crippen LogP contribution in [-0.4, -0.2) is 24.2 Å². The number of ether oxygens (including phenoxy) is 1. The van der Waals surface area contributed by atoms with Crippen molar-refractivity contribution in [1.82, 2.24) is 4.98 Å². The van der Waals surface area contributed by atoms with Crippen molar-refractivity contribution in [2.24, 2.45) is 0 Å². The molecule has 0 fully saturated rings. The Labute approximate surface area is 188 Å². The van der Waals surface area contributed by atoms with Crippen LogP contribution in [0.5, 0.6) is 5.75 Å². The van der Waals surface area contributed by atoms with Crippen molar-refractivity contribution in [2.45, 2.75) is 6.54 Å². The number of benzene rings is 3. The standard InChI is InChI=1S/C24H21BrN4O2/c25-19-13-23-22(29(10-11-31-23)15-16-4-2-1-3-5-16)14-21(19)28-24(30)27-18-7-6-17-8-9-26-20(17)12-18/h1-9,12-14,26H,10-11,15H2,(H2,27,28,30). The number of carbonyl (C=O) groups excluding carboxylic acids is 1. The summed E-state index contributed by atoms with van der Waals surface area (Å²) in [6, 6.07) is 21.6. The summed E-state index contributed by atoms with van der Waals surface area (Å²) in [6.07, 6.45) is 1.88. The van der Waals surface area contributed by atoms with Gasteiger partial charge in [0.15, 0.2) is 0 Å². The van der Waals surface area contributed by atoms with Gasteiger partial charge in [0, 0.05) is 28.4 Å². The second kappa shape index (κ2) is 8.35. The Morgan fingerprint density at radius 2 is 1.94 bits per heavy atom. The van der Waals surface area contributed by atoms with E-state index in [2.05, 4.69) is 48.6 Å². The monoisotopic (exact) mass is 476 g/mol. The molecule has 5 rings (SSSR count). The zero-order chi connectivity index (χ0) is 21.2. The Hall–Kier alpha value is -3.45. The van der Waals surface area contributed by atoms with Gasteiger partial charge in [-0.1, -0.05) is 36.4 Å². The lowest BCUT2D eigenvalue weighted by Crippen LogP contribution is -2.32. The van der Waals surface area contributed by atoms with Crippen LogP contribution in [0.1, 0.15) is 5.56 Å². The third-order valence-corrected chi connectivity index (χ3v) is 5.94. The van der Waals surface area contributed by atoms with Crippen LogP contribution in [0.4, 0.5) is 21.9 Å². The number of amides is 2. The van der Waals surface area contributed by atoms with Gasteiger partial charge in [0.1, 0.15) is 12.4 Å². The normalized spacial score (nSPS) is 12.9. The van der Waals surface area contributed by atoms with E-state index < -0.39 is 0 Å². The van der Waals surface area contributed by atoms with Crippen molar-refractivity contribution in [3.05, 3.63) is 83.0 Å². The minimum Gasteiger partial charge on any atom is -0.490 e. The minimum atomic E-state index is -0.308. The number of aromatic amines is 1. The first kappa shape index (κ1) is 19.5. The average Bonchev–Trinajstić information content (AvgIpc) is 3.23. The first-order valence-corrected chi connectivity index (χ1v) is 10.9. The maximum atomic E-state index is 12.7. The van der Waals surface area contributed by atoms with Crippen molar-refractivity contribution < 1.29 is 9.53 Å². The number of carbonyl (C=O) groups is 1. The topological polar surface area (TPSA) is 69.4 Å². The van der Waals surface area contributed by atoms with Crippen LogP contribution < -0.4 is 20.3 Å². The number of aromatic nitrogens is 1. The molecule has 0 radical (unpaired) electrons. The van der Waals surface area contributed by atoms with E-state index in [-0.39, 0.29) is 6.03 Å². The summed E-state index contributed by atoms with van der Waals surface area (Å²) in [4.78, 5) is 18.1. The van der Waals surface area contributed by atoms with Crippen molar-refractivity contribution in [3.63, 3.8) is 0 Å². The van der Waals surface area contributed by atoms with Crippen LogP contribution in [0, 0.1) is 0 Å². The third kappa shape index (κ3) is 4.22. The van der Waals surface area contributed by atoms with Crippen LogP contribution >= 0.6 is 15.9 Å². The fourth-order valence-corrected chi connectivity index (χ4v) is 4.19. The fraction of sp³-hybridized carbons (Fsp3) is 0.125. The summed E-state index contributed by atoms with van der Waals surface area (Å²) in [5.74, 6) is 0.803. The van der Waals surface area contributed by atoms with Gasteiger partial charge in [0.25, 0.3) is 0 Å². The number of nitrogens with one attached hydrogen (secondary N) is 3. The Morgan fingerprint density at radius 3 is 2.81 bits per heavy atom. The highest BCUT2D eigenvalue weighted by Gasteiger charge is 2.21. The SMILES string of the molecule is O=C(Nc1ccc2cc[nH]c2c1)Nc1cc2c(cc1Br)OCCN2Cc1ccccc1. The Balaban J connectivity index is 1.35. The molecule has 0 unspecified atom stereocenters. The number of fused-ring (bicyclic) bond motifs is 2. The molecule has 0 atom stereocenters. The summed E-state index contributed by atoms with van der Waals surface area (Å²) in [7, 11) is 0. The lowest BCUT2D eigenvalue weighted by Gasteiger charge is -2.32. The number of H-pyrrole nitrogens is 1. The zero-order valence-corrected chi connectivity index (χ0v) is 18.3. The quantitative estimate of drug-likeness (QED) is 0.339. The lowest BCUT2D eigenvalue weighted by atomic mass is 10.1.